The summed E-state index contributed by atoms with van der Waals surface area (Å²) < 4.78 is 13.1. The van der Waals surface area contributed by atoms with Crippen LogP contribution < -0.4 is 0 Å². The number of benzene rings is 1. The number of rotatable bonds is 3. The number of carbonyl (C=O) groups excluding carboxylic acids is 1. The van der Waals surface area contributed by atoms with Gasteiger partial charge in [-0.2, -0.15) is 0 Å². The maximum Gasteiger partial charge on any atom is 0.326 e. The minimum Gasteiger partial charge on any atom is -0.480 e. The van der Waals surface area contributed by atoms with Crippen LogP contribution >= 0.6 is 0 Å². The fraction of sp³-hybridized carbons (Fsp3) is 0.385. The highest BCUT2D eigenvalue weighted by Gasteiger charge is 2.32. The van der Waals surface area contributed by atoms with E-state index in [1.807, 2.05) is 0 Å². The molecule has 1 aliphatic rings. The maximum absolute atomic E-state index is 13.1. The van der Waals surface area contributed by atoms with Crippen molar-refractivity contribution in [3.05, 3.63) is 35.6 Å². The number of halogens is 1. The number of carboxylic acids is 1. The van der Waals surface area contributed by atoms with Gasteiger partial charge in [-0.05, 0) is 30.5 Å². The minimum atomic E-state index is -1.00. The Kier molecular flexibility index (Phi) is 3.60. The topological polar surface area (TPSA) is 57.6 Å². The number of hydrogen-bond donors (Lipinski definition) is 1. The molecule has 1 atom stereocenters. The lowest BCUT2D eigenvalue weighted by molar-refractivity contribution is -0.153. The normalized spacial score (nSPS) is 19.9. The highest BCUT2D eigenvalue weighted by atomic mass is 19.1. The largest absolute Gasteiger partial charge is 0.480 e. The van der Waals surface area contributed by atoms with Crippen LogP contribution in [-0.2, 0) is 16.1 Å². The van der Waals surface area contributed by atoms with Crippen molar-refractivity contribution in [2.45, 2.75) is 31.8 Å². The van der Waals surface area contributed by atoms with Gasteiger partial charge in [-0.25, -0.2) is 9.18 Å². The molecule has 5 heteroatoms. The van der Waals surface area contributed by atoms with E-state index >= 15 is 0 Å². The Morgan fingerprint density at radius 2 is 2.28 bits per heavy atom. The predicted octanol–water partition coefficient (Wildman–Crippen LogP) is 1.79. The summed E-state index contributed by atoms with van der Waals surface area (Å²) in [6, 6.07) is 5.07. The average molecular weight is 251 g/mol. The van der Waals surface area contributed by atoms with Gasteiger partial charge >= 0.3 is 5.97 Å². The lowest BCUT2D eigenvalue weighted by Crippen LogP contribution is -2.47. The van der Waals surface area contributed by atoms with Gasteiger partial charge in [-0.1, -0.05) is 12.1 Å². The zero-order chi connectivity index (χ0) is 13.1. The molecule has 1 N–H and O–H groups in total. The van der Waals surface area contributed by atoms with Crippen molar-refractivity contribution in [2.24, 2.45) is 0 Å². The monoisotopic (exact) mass is 251 g/mol. The second kappa shape index (κ2) is 5.16. The number of likely N-dealkylation sites (tertiary alicyclic amines) is 1. The fourth-order valence-electron chi connectivity index (χ4n) is 2.21. The third-order valence-corrected chi connectivity index (χ3v) is 3.09. The van der Waals surface area contributed by atoms with Gasteiger partial charge in [0.15, 0.2) is 0 Å². The van der Waals surface area contributed by atoms with E-state index in [2.05, 4.69) is 0 Å². The van der Waals surface area contributed by atoms with E-state index in [0.717, 1.165) is 0 Å². The first-order chi connectivity index (χ1) is 8.58. The molecule has 96 valence electrons. The zero-order valence-corrected chi connectivity index (χ0v) is 9.80. The molecule has 0 bridgehead atoms. The van der Waals surface area contributed by atoms with Crippen molar-refractivity contribution in [3.63, 3.8) is 0 Å². The average Bonchev–Trinajstić information content (AvgIpc) is 2.31. The van der Waals surface area contributed by atoms with Crippen LogP contribution in [0, 0.1) is 5.82 Å². The number of amides is 1. The minimum absolute atomic E-state index is 0.146. The molecule has 18 heavy (non-hydrogen) atoms. The summed E-state index contributed by atoms with van der Waals surface area (Å²) in [4.78, 5) is 24.2. The molecule has 1 heterocycles. The van der Waals surface area contributed by atoms with Gasteiger partial charge in [-0.3, -0.25) is 4.79 Å². The van der Waals surface area contributed by atoms with Crippen LogP contribution in [0.1, 0.15) is 24.8 Å². The molecule has 1 amide bonds. The van der Waals surface area contributed by atoms with E-state index in [1.54, 1.807) is 12.1 Å². The van der Waals surface area contributed by atoms with Gasteiger partial charge in [0.05, 0.1) is 0 Å². The molecule has 4 nitrogen and oxygen atoms in total. The number of nitrogens with zero attached hydrogens (tertiary/aromatic N) is 1. The van der Waals surface area contributed by atoms with E-state index in [1.165, 1.54) is 17.0 Å². The molecule has 0 aliphatic carbocycles. The lowest BCUT2D eigenvalue weighted by Gasteiger charge is -2.32. The first-order valence-electron chi connectivity index (χ1n) is 5.84. The van der Waals surface area contributed by atoms with Gasteiger partial charge < -0.3 is 10.0 Å². The van der Waals surface area contributed by atoms with Gasteiger partial charge in [0.1, 0.15) is 11.9 Å². The van der Waals surface area contributed by atoms with Crippen molar-refractivity contribution in [1.29, 1.82) is 0 Å². The van der Waals surface area contributed by atoms with Crippen LogP contribution in [0.4, 0.5) is 4.39 Å². The first kappa shape index (κ1) is 12.5. The van der Waals surface area contributed by atoms with Gasteiger partial charge in [0, 0.05) is 13.0 Å². The summed E-state index contributed by atoms with van der Waals surface area (Å²) in [5.74, 6) is -1.57. The third-order valence-electron chi connectivity index (χ3n) is 3.09. The van der Waals surface area contributed by atoms with Crippen molar-refractivity contribution in [3.8, 4) is 0 Å². The van der Waals surface area contributed by atoms with E-state index in [0.29, 0.717) is 24.8 Å². The van der Waals surface area contributed by atoms with Crippen LogP contribution in [-0.4, -0.2) is 27.9 Å². The first-order valence-corrected chi connectivity index (χ1v) is 5.84. The van der Waals surface area contributed by atoms with E-state index in [4.69, 9.17) is 5.11 Å². The van der Waals surface area contributed by atoms with Crippen molar-refractivity contribution in [1.82, 2.24) is 4.90 Å². The lowest BCUT2D eigenvalue weighted by atomic mass is 10.0. The number of aliphatic carboxylic acids is 1. The molecule has 1 unspecified atom stereocenters. The highest BCUT2D eigenvalue weighted by molar-refractivity contribution is 5.84. The Balaban J connectivity index is 2.18. The molecule has 2 rings (SSSR count). The van der Waals surface area contributed by atoms with Crippen LogP contribution in [0.2, 0.25) is 0 Å². The van der Waals surface area contributed by atoms with Crippen LogP contribution in [0.5, 0.6) is 0 Å². The predicted molar refractivity (Wildman–Crippen MR) is 62.2 cm³/mol. The van der Waals surface area contributed by atoms with E-state index in [9.17, 15) is 14.0 Å². The Morgan fingerprint density at radius 1 is 1.50 bits per heavy atom. The maximum atomic E-state index is 13.1. The summed E-state index contributed by atoms with van der Waals surface area (Å²) in [6.07, 6.45) is 1.41. The van der Waals surface area contributed by atoms with Crippen molar-refractivity contribution >= 4 is 11.9 Å². The van der Waals surface area contributed by atoms with Crippen molar-refractivity contribution in [2.75, 3.05) is 0 Å². The summed E-state index contributed by atoms with van der Waals surface area (Å²) in [5, 5.41) is 9.09. The Morgan fingerprint density at radius 3 is 2.94 bits per heavy atom. The molecule has 0 radical (unpaired) electrons. The molecule has 1 saturated heterocycles. The standard InChI is InChI=1S/C13H14FNO3/c14-10-4-1-3-9(7-10)8-15-11(13(17)18)5-2-6-12(15)16/h1,3-4,7,11H,2,5-6,8H2,(H,17,18). The molecular weight excluding hydrogens is 237 g/mol. The Hall–Kier alpha value is -1.91. The van der Waals surface area contributed by atoms with Crippen molar-refractivity contribution < 1.29 is 19.1 Å². The van der Waals surface area contributed by atoms with Gasteiger partial charge in [0.25, 0.3) is 0 Å². The Bertz CT molecular complexity index is 475. The molecule has 1 aromatic carbocycles. The summed E-state index contributed by atoms with van der Waals surface area (Å²) in [7, 11) is 0. The molecule has 1 aliphatic heterocycles. The highest BCUT2D eigenvalue weighted by Crippen LogP contribution is 2.21. The van der Waals surface area contributed by atoms with Crippen LogP contribution in [0.15, 0.2) is 24.3 Å². The molecule has 0 aromatic heterocycles. The smallest absolute Gasteiger partial charge is 0.326 e. The van der Waals surface area contributed by atoms with Crippen LogP contribution in [0.3, 0.4) is 0 Å². The molecule has 0 spiro atoms. The molecule has 1 aromatic rings. The van der Waals surface area contributed by atoms with E-state index in [-0.39, 0.29) is 18.3 Å². The van der Waals surface area contributed by atoms with E-state index < -0.39 is 12.0 Å². The molecule has 0 saturated carbocycles. The van der Waals surface area contributed by atoms with Gasteiger partial charge in [0.2, 0.25) is 5.91 Å². The summed E-state index contributed by atoms with van der Waals surface area (Å²) in [6.45, 7) is 0.146. The summed E-state index contributed by atoms with van der Waals surface area (Å²) in [5.41, 5.74) is 0.608. The molecular formula is C13H14FNO3. The number of piperidine rings is 1. The molecule has 1 fully saturated rings. The number of carbonyl (C=O) groups is 2. The second-order valence-electron chi connectivity index (χ2n) is 4.40. The summed E-state index contributed by atoms with van der Waals surface area (Å²) >= 11 is 0. The zero-order valence-electron chi connectivity index (χ0n) is 9.80. The number of carboxylic acid groups (broad SMARTS) is 1. The third kappa shape index (κ3) is 2.67. The quantitative estimate of drug-likeness (QED) is 0.891. The second-order valence-corrected chi connectivity index (χ2v) is 4.40. The SMILES string of the molecule is O=C(O)C1CCCC(=O)N1Cc1cccc(F)c1. The number of hydrogen-bond acceptors (Lipinski definition) is 2. The Labute approximate surface area is 104 Å². The van der Waals surface area contributed by atoms with Gasteiger partial charge in [-0.15, -0.1) is 0 Å². The van der Waals surface area contributed by atoms with Crippen LogP contribution in [0.25, 0.3) is 0 Å². The fourth-order valence-corrected chi connectivity index (χ4v) is 2.21.